The van der Waals surface area contributed by atoms with Gasteiger partial charge in [0.25, 0.3) is 10.0 Å². The fourth-order valence-corrected chi connectivity index (χ4v) is 3.49. The molecular formula is C14H11ClN2O3S. The van der Waals surface area contributed by atoms with Crippen LogP contribution in [-0.2, 0) is 21.2 Å². The molecule has 1 aliphatic rings. The monoisotopic (exact) mass is 322 g/mol. The van der Waals surface area contributed by atoms with E-state index in [4.69, 9.17) is 11.6 Å². The van der Waals surface area contributed by atoms with Crippen molar-refractivity contribution in [3.05, 3.63) is 53.1 Å². The van der Waals surface area contributed by atoms with Crippen molar-refractivity contribution >= 4 is 38.9 Å². The molecule has 21 heavy (non-hydrogen) atoms. The van der Waals surface area contributed by atoms with Gasteiger partial charge in [-0.15, -0.1) is 0 Å². The van der Waals surface area contributed by atoms with Crippen molar-refractivity contribution in [3.63, 3.8) is 0 Å². The molecule has 0 aromatic heterocycles. The van der Waals surface area contributed by atoms with Gasteiger partial charge in [-0.25, -0.2) is 8.42 Å². The Kier molecular flexibility index (Phi) is 3.35. The Hall–Kier alpha value is -2.05. The van der Waals surface area contributed by atoms with Gasteiger partial charge in [0.2, 0.25) is 5.91 Å². The van der Waals surface area contributed by atoms with E-state index in [0.29, 0.717) is 5.69 Å². The summed E-state index contributed by atoms with van der Waals surface area (Å²) in [5, 5.41) is 2.89. The number of sulfonamides is 1. The lowest BCUT2D eigenvalue weighted by Crippen LogP contribution is -2.13. The lowest BCUT2D eigenvalue weighted by molar-refractivity contribution is -0.115. The molecule has 108 valence electrons. The normalized spacial score (nSPS) is 13.7. The molecule has 2 N–H and O–H groups in total. The Morgan fingerprint density at radius 3 is 2.57 bits per heavy atom. The van der Waals surface area contributed by atoms with Crippen molar-refractivity contribution < 1.29 is 13.2 Å². The molecule has 0 bridgehead atoms. The molecule has 5 nitrogen and oxygen atoms in total. The molecule has 3 rings (SSSR count). The lowest BCUT2D eigenvalue weighted by Gasteiger charge is -2.11. The zero-order valence-electron chi connectivity index (χ0n) is 10.8. The van der Waals surface area contributed by atoms with Crippen LogP contribution in [0.25, 0.3) is 0 Å². The Bertz CT molecular complexity index is 820. The molecule has 2 aromatic rings. The van der Waals surface area contributed by atoms with Crippen LogP contribution in [0, 0.1) is 0 Å². The maximum Gasteiger partial charge on any atom is 0.261 e. The van der Waals surface area contributed by atoms with Crippen molar-refractivity contribution in [3.8, 4) is 0 Å². The Balaban J connectivity index is 1.96. The van der Waals surface area contributed by atoms with Gasteiger partial charge in [-0.1, -0.05) is 29.8 Å². The maximum absolute atomic E-state index is 12.3. The van der Waals surface area contributed by atoms with Crippen molar-refractivity contribution in [1.82, 2.24) is 0 Å². The number of amides is 1. The van der Waals surface area contributed by atoms with Crippen LogP contribution in [0.5, 0.6) is 0 Å². The highest BCUT2D eigenvalue weighted by Crippen LogP contribution is 2.33. The molecule has 0 fully saturated rings. The van der Waals surface area contributed by atoms with Crippen LogP contribution in [0.2, 0.25) is 5.02 Å². The number of benzene rings is 2. The van der Waals surface area contributed by atoms with Crippen LogP contribution in [0.15, 0.2) is 47.4 Å². The molecule has 0 atom stereocenters. The number of rotatable bonds is 3. The van der Waals surface area contributed by atoms with Gasteiger partial charge in [0.1, 0.15) is 0 Å². The number of fused-ring (bicyclic) bond motifs is 1. The summed E-state index contributed by atoms with van der Waals surface area (Å²) in [6, 6.07) is 11.1. The first-order valence-corrected chi connectivity index (χ1v) is 8.02. The quantitative estimate of drug-likeness (QED) is 0.912. The number of carbonyl (C=O) groups is 1. The van der Waals surface area contributed by atoms with E-state index in [-0.39, 0.29) is 27.9 Å². The minimum absolute atomic E-state index is 0.135. The van der Waals surface area contributed by atoms with Gasteiger partial charge in [0.15, 0.2) is 0 Å². The number of carbonyl (C=O) groups excluding carboxylic acids is 1. The van der Waals surface area contributed by atoms with Gasteiger partial charge in [0.05, 0.1) is 22.0 Å². The summed E-state index contributed by atoms with van der Waals surface area (Å²) < 4.78 is 27.0. The number of nitrogens with one attached hydrogen (secondary N) is 2. The zero-order chi connectivity index (χ0) is 15.0. The Morgan fingerprint density at radius 1 is 1.14 bits per heavy atom. The predicted octanol–water partition coefficient (Wildman–Crippen LogP) is 2.64. The Morgan fingerprint density at radius 2 is 1.86 bits per heavy atom. The van der Waals surface area contributed by atoms with Gasteiger partial charge >= 0.3 is 0 Å². The summed E-state index contributed by atoms with van der Waals surface area (Å²) in [7, 11) is -3.71. The highest BCUT2D eigenvalue weighted by Gasteiger charge is 2.22. The molecule has 7 heteroatoms. The van der Waals surface area contributed by atoms with E-state index in [1.54, 1.807) is 30.3 Å². The fraction of sp³-hybridized carbons (Fsp3) is 0.0714. The predicted molar refractivity (Wildman–Crippen MR) is 81.0 cm³/mol. The molecule has 0 spiro atoms. The average molecular weight is 323 g/mol. The van der Waals surface area contributed by atoms with Gasteiger partial charge in [-0.3, -0.25) is 9.52 Å². The smallest absolute Gasteiger partial charge is 0.261 e. The summed E-state index contributed by atoms with van der Waals surface area (Å²) in [4.78, 5) is 11.5. The second-order valence-electron chi connectivity index (χ2n) is 4.63. The van der Waals surface area contributed by atoms with E-state index in [0.717, 1.165) is 5.56 Å². The average Bonchev–Trinajstić information content (AvgIpc) is 2.79. The number of anilines is 2. The summed E-state index contributed by atoms with van der Waals surface area (Å²) in [6.07, 6.45) is 0.215. The van der Waals surface area contributed by atoms with Crippen LogP contribution in [-0.4, -0.2) is 14.3 Å². The standard InChI is InChI=1S/C14H11ClN2O3S/c15-11-8-12-9(7-14(18)16-12)6-13(11)17-21(19,20)10-4-2-1-3-5-10/h1-6,8,17H,7H2,(H,16,18). The third-order valence-electron chi connectivity index (χ3n) is 3.12. The molecule has 1 aliphatic heterocycles. The molecule has 1 amide bonds. The van der Waals surface area contributed by atoms with Crippen LogP contribution in [0.3, 0.4) is 0 Å². The number of halogens is 1. The van der Waals surface area contributed by atoms with E-state index in [2.05, 4.69) is 10.0 Å². The molecule has 0 radical (unpaired) electrons. The molecule has 0 unspecified atom stereocenters. The number of hydrogen-bond acceptors (Lipinski definition) is 3. The van der Waals surface area contributed by atoms with Gasteiger partial charge in [-0.05, 0) is 29.8 Å². The molecule has 0 aliphatic carbocycles. The van der Waals surface area contributed by atoms with Gasteiger partial charge in [0, 0.05) is 5.69 Å². The molecule has 2 aromatic carbocycles. The minimum atomic E-state index is -3.71. The SMILES string of the molecule is O=C1Cc2cc(NS(=O)(=O)c3ccccc3)c(Cl)cc2N1. The third kappa shape index (κ3) is 2.72. The third-order valence-corrected chi connectivity index (χ3v) is 4.81. The molecule has 1 heterocycles. The second kappa shape index (κ2) is 5.05. The van der Waals surface area contributed by atoms with Crippen LogP contribution in [0.1, 0.15) is 5.56 Å². The van der Waals surface area contributed by atoms with Crippen molar-refractivity contribution in [1.29, 1.82) is 0 Å². The van der Waals surface area contributed by atoms with E-state index in [1.165, 1.54) is 12.1 Å². The van der Waals surface area contributed by atoms with Crippen LogP contribution in [0.4, 0.5) is 11.4 Å². The first-order valence-electron chi connectivity index (χ1n) is 6.16. The zero-order valence-corrected chi connectivity index (χ0v) is 12.3. The molecule has 0 saturated heterocycles. The van der Waals surface area contributed by atoms with Crippen LogP contribution < -0.4 is 10.0 Å². The largest absolute Gasteiger partial charge is 0.325 e. The van der Waals surface area contributed by atoms with Gasteiger partial charge < -0.3 is 5.32 Å². The second-order valence-corrected chi connectivity index (χ2v) is 6.72. The first-order chi connectivity index (χ1) is 9.95. The fourth-order valence-electron chi connectivity index (χ4n) is 2.13. The molecule has 0 saturated carbocycles. The maximum atomic E-state index is 12.3. The summed E-state index contributed by atoms with van der Waals surface area (Å²) >= 11 is 6.07. The topological polar surface area (TPSA) is 75.3 Å². The highest BCUT2D eigenvalue weighted by atomic mass is 35.5. The Labute approximate surface area is 127 Å². The van der Waals surface area contributed by atoms with Crippen molar-refractivity contribution in [2.45, 2.75) is 11.3 Å². The number of hydrogen-bond donors (Lipinski definition) is 2. The minimum Gasteiger partial charge on any atom is -0.325 e. The molecular weight excluding hydrogens is 312 g/mol. The van der Waals surface area contributed by atoms with E-state index in [9.17, 15) is 13.2 Å². The van der Waals surface area contributed by atoms with E-state index < -0.39 is 10.0 Å². The first kappa shape index (κ1) is 13.9. The summed E-state index contributed by atoms with van der Waals surface area (Å²) in [5.41, 5.74) is 1.60. The van der Waals surface area contributed by atoms with Crippen molar-refractivity contribution in [2.75, 3.05) is 10.0 Å². The summed E-state index contributed by atoms with van der Waals surface area (Å²) in [5.74, 6) is -0.135. The lowest BCUT2D eigenvalue weighted by atomic mass is 10.1. The van der Waals surface area contributed by atoms with Crippen LogP contribution >= 0.6 is 11.6 Å². The highest BCUT2D eigenvalue weighted by molar-refractivity contribution is 7.92. The summed E-state index contributed by atoms with van der Waals surface area (Å²) in [6.45, 7) is 0. The van der Waals surface area contributed by atoms with E-state index >= 15 is 0 Å². The van der Waals surface area contributed by atoms with Gasteiger partial charge in [-0.2, -0.15) is 0 Å². The van der Waals surface area contributed by atoms with E-state index in [1.807, 2.05) is 0 Å². The van der Waals surface area contributed by atoms with Crippen molar-refractivity contribution in [2.24, 2.45) is 0 Å².